The molecule has 4 aromatic carbocycles. The number of amides is 1. The number of hydrogen-bond acceptors (Lipinski definition) is 6. The molecule has 0 aliphatic heterocycles. The summed E-state index contributed by atoms with van der Waals surface area (Å²) in [6.45, 7) is 1.86. The minimum Gasteiger partial charge on any atom is -0.497 e. The van der Waals surface area contributed by atoms with E-state index in [4.69, 9.17) is 16.3 Å². The van der Waals surface area contributed by atoms with Crippen LogP contribution in [0.3, 0.4) is 0 Å². The van der Waals surface area contributed by atoms with Gasteiger partial charge >= 0.3 is 0 Å². The molecule has 0 saturated carbocycles. The number of sulfonamides is 1. The van der Waals surface area contributed by atoms with Gasteiger partial charge in [0, 0.05) is 22.8 Å². The highest BCUT2D eigenvalue weighted by Gasteiger charge is 2.25. The van der Waals surface area contributed by atoms with E-state index in [0.717, 1.165) is 51.6 Å². The second kappa shape index (κ2) is 11.1. The van der Waals surface area contributed by atoms with Gasteiger partial charge in [0.25, 0.3) is 15.7 Å². The smallest absolute Gasteiger partial charge is 0.289 e. The Bertz CT molecular complexity index is 1900. The lowest BCUT2D eigenvalue weighted by molar-refractivity contribution is -0.384. The average molecular weight is 590 g/mol. The van der Waals surface area contributed by atoms with E-state index < -0.39 is 31.4 Å². The van der Waals surface area contributed by atoms with E-state index in [1.807, 2.05) is 82.9 Å². The highest BCUT2D eigenvalue weighted by Crippen LogP contribution is 2.33. The van der Waals surface area contributed by atoms with E-state index >= 15 is 0 Å². The largest absolute Gasteiger partial charge is 0.497 e. The van der Waals surface area contributed by atoms with Gasteiger partial charge in [-0.25, -0.2) is 13.1 Å². The maximum Gasteiger partial charge on any atom is 0.289 e. The van der Waals surface area contributed by atoms with Gasteiger partial charge in [-0.3, -0.25) is 14.9 Å². The molecule has 9 nitrogen and oxygen atoms in total. The molecule has 5 rings (SSSR count). The van der Waals surface area contributed by atoms with Crippen LogP contribution in [0.15, 0.2) is 95.9 Å². The van der Waals surface area contributed by atoms with Crippen molar-refractivity contribution in [1.82, 2.24) is 9.29 Å². The Morgan fingerprint density at radius 3 is 2.32 bits per heavy atom. The summed E-state index contributed by atoms with van der Waals surface area (Å²) in [6.07, 6.45) is -0.264. The van der Waals surface area contributed by atoms with Crippen molar-refractivity contribution in [1.29, 1.82) is 0 Å². The zero-order valence-corrected chi connectivity index (χ0v) is 23.6. The number of carbonyl (C=O) groups excluding carboxylic acids is 1. The average Bonchev–Trinajstić information content (AvgIpc) is 3.23. The van der Waals surface area contributed by atoms with Crippen molar-refractivity contribution in [2.24, 2.45) is 0 Å². The Morgan fingerprint density at radius 1 is 0.976 bits per heavy atom. The molecule has 1 amide bonds. The van der Waals surface area contributed by atoms with Gasteiger partial charge in [0.05, 0.1) is 28.9 Å². The van der Waals surface area contributed by atoms with E-state index in [2.05, 4.69) is 0 Å². The van der Waals surface area contributed by atoms with Gasteiger partial charge < -0.3 is 9.30 Å². The molecule has 0 spiro atoms. The van der Waals surface area contributed by atoms with Crippen LogP contribution in [0.1, 0.15) is 11.3 Å². The minimum atomic E-state index is -4.40. The number of fused-ring (bicyclic) bond motifs is 1. The SMILES string of the molecule is COc1ccc2c(c1)c(CC(=O)NS(=O)(=O)c1ccc(Cl)c([N+](=O)[O-])c1)c(C)n2-c1ccc(-c2ccccc2)cc1. The molecule has 0 fully saturated rings. The quantitative estimate of drug-likeness (QED) is 0.169. The predicted octanol–water partition coefficient (Wildman–Crippen LogP) is 6.22. The number of nitrogens with zero attached hydrogens (tertiary/aromatic N) is 2. The molecular weight excluding hydrogens is 566 g/mol. The first-order valence-electron chi connectivity index (χ1n) is 12.4. The number of methoxy groups -OCH3 is 1. The molecule has 1 heterocycles. The summed E-state index contributed by atoms with van der Waals surface area (Å²) in [5.74, 6) is -0.219. The maximum absolute atomic E-state index is 13.1. The lowest BCUT2D eigenvalue weighted by Gasteiger charge is -2.11. The van der Waals surface area contributed by atoms with Crippen molar-refractivity contribution < 1.29 is 22.9 Å². The molecule has 0 atom stereocenters. The monoisotopic (exact) mass is 589 g/mol. The molecule has 0 aliphatic carbocycles. The van der Waals surface area contributed by atoms with Gasteiger partial charge in [0.15, 0.2) is 0 Å². The number of rotatable bonds is 8. The highest BCUT2D eigenvalue weighted by atomic mass is 35.5. The number of nitrogens with one attached hydrogen (secondary N) is 1. The summed E-state index contributed by atoms with van der Waals surface area (Å²) in [4.78, 5) is 23.1. The van der Waals surface area contributed by atoms with Crippen LogP contribution < -0.4 is 9.46 Å². The first kappa shape index (κ1) is 27.9. The van der Waals surface area contributed by atoms with Crippen LogP contribution in [-0.4, -0.2) is 30.9 Å². The van der Waals surface area contributed by atoms with E-state index in [0.29, 0.717) is 11.3 Å². The fourth-order valence-electron chi connectivity index (χ4n) is 4.78. The Hall–Kier alpha value is -4.67. The lowest BCUT2D eigenvalue weighted by Crippen LogP contribution is -2.32. The summed E-state index contributed by atoms with van der Waals surface area (Å²) in [5.41, 5.74) is 4.60. The molecule has 208 valence electrons. The lowest BCUT2D eigenvalue weighted by atomic mass is 10.1. The Morgan fingerprint density at radius 2 is 1.66 bits per heavy atom. The molecule has 1 N–H and O–H groups in total. The van der Waals surface area contributed by atoms with Crippen LogP contribution in [-0.2, 0) is 21.2 Å². The molecule has 0 unspecified atom stereocenters. The van der Waals surface area contributed by atoms with Crippen LogP contribution >= 0.6 is 11.6 Å². The van der Waals surface area contributed by atoms with Crippen molar-refractivity contribution >= 4 is 44.1 Å². The third kappa shape index (κ3) is 5.52. The summed E-state index contributed by atoms with van der Waals surface area (Å²) in [6, 6.07) is 26.5. The van der Waals surface area contributed by atoms with Crippen molar-refractivity contribution in [3.63, 3.8) is 0 Å². The number of nitro groups is 1. The molecule has 1 aromatic heterocycles. The maximum atomic E-state index is 13.1. The van der Waals surface area contributed by atoms with Crippen LogP contribution in [0.25, 0.3) is 27.7 Å². The van der Waals surface area contributed by atoms with Gasteiger partial charge in [-0.15, -0.1) is 0 Å². The van der Waals surface area contributed by atoms with E-state index in [1.54, 1.807) is 6.07 Å². The standard InChI is InChI=1S/C30H24ClN3O6S/c1-19-25(18-30(35)32-41(38,39)24-13-14-27(31)29(17-24)34(36)37)26-16-23(40-2)12-15-28(26)33(19)22-10-8-21(9-11-22)20-6-4-3-5-7-20/h3-17H,18H2,1-2H3,(H,32,35). The second-order valence-electron chi connectivity index (χ2n) is 9.27. The molecule has 0 radical (unpaired) electrons. The molecular formula is C30H24ClN3O6S. The predicted molar refractivity (Wildman–Crippen MR) is 157 cm³/mol. The number of hydrogen-bond donors (Lipinski definition) is 1. The van der Waals surface area contributed by atoms with Gasteiger partial charge in [0.1, 0.15) is 10.8 Å². The van der Waals surface area contributed by atoms with E-state index in [9.17, 15) is 23.3 Å². The number of ether oxygens (including phenoxy) is 1. The first-order valence-corrected chi connectivity index (χ1v) is 14.3. The third-order valence-corrected chi connectivity index (χ3v) is 8.48. The van der Waals surface area contributed by atoms with Crippen molar-refractivity contribution in [2.75, 3.05) is 7.11 Å². The Balaban J connectivity index is 1.50. The summed E-state index contributed by atoms with van der Waals surface area (Å²) in [7, 11) is -2.86. The Labute approximate surface area is 241 Å². The Kier molecular flexibility index (Phi) is 7.53. The fourth-order valence-corrected chi connectivity index (χ4v) is 5.97. The summed E-state index contributed by atoms with van der Waals surface area (Å²) < 4.78 is 35.3. The van der Waals surface area contributed by atoms with Crippen molar-refractivity contribution in [3.8, 4) is 22.6 Å². The van der Waals surface area contributed by atoms with Crippen molar-refractivity contribution in [2.45, 2.75) is 18.2 Å². The summed E-state index contributed by atoms with van der Waals surface area (Å²) >= 11 is 5.81. The molecule has 41 heavy (non-hydrogen) atoms. The highest BCUT2D eigenvalue weighted by molar-refractivity contribution is 7.90. The fraction of sp³-hybridized carbons (Fsp3) is 0.100. The van der Waals surface area contributed by atoms with Crippen LogP contribution in [0.5, 0.6) is 5.75 Å². The van der Waals surface area contributed by atoms with Gasteiger partial charge in [-0.05, 0) is 66.1 Å². The normalized spacial score (nSPS) is 11.4. The molecule has 0 aliphatic rings. The van der Waals surface area contributed by atoms with Gasteiger partial charge in [-0.1, -0.05) is 54.1 Å². The number of aromatic nitrogens is 1. The van der Waals surface area contributed by atoms with E-state index in [-0.39, 0.29) is 11.4 Å². The molecule has 11 heteroatoms. The first-order chi connectivity index (χ1) is 19.6. The molecule has 0 saturated heterocycles. The molecule has 5 aromatic rings. The number of nitro benzene ring substituents is 1. The summed E-state index contributed by atoms with van der Waals surface area (Å²) in [5, 5.41) is 11.7. The topological polar surface area (TPSA) is 121 Å². The van der Waals surface area contributed by atoms with Gasteiger partial charge in [0.2, 0.25) is 5.91 Å². The second-order valence-corrected chi connectivity index (χ2v) is 11.4. The van der Waals surface area contributed by atoms with Crippen LogP contribution in [0.2, 0.25) is 5.02 Å². The van der Waals surface area contributed by atoms with Crippen LogP contribution in [0.4, 0.5) is 5.69 Å². The van der Waals surface area contributed by atoms with Gasteiger partial charge in [-0.2, -0.15) is 0 Å². The molecule has 0 bridgehead atoms. The third-order valence-electron chi connectivity index (χ3n) is 6.78. The van der Waals surface area contributed by atoms with Crippen molar-refractivity contribution in [3.05, 3.63) is 117 Å². The number of carbonyl (C=O) groups is 1. The van der Waals surface area contributed by atoms with E-state index in [1.165, 1.54) is 7.11 Å². The van der Waals surface area contributed by atoms with Crippen LogP contribution in [0, 0.1) is 17.0 Å². The zero-order valence-electron chi connectivity index (χ0n) is 22.0. The number of benzene rings is 4. The minimum absolute atomic E-state index is 0.213. The number of halogens is 1. The zero-order chi connectivity index (χ0) is 29.3.